The third-order valence-electron chi connectivity index (χ3n) is 5.06. The summed E-state index contributed by atoms with van der Waals surface area (Å²) in [5.41, 5.74) is -0.124. The van der Waals surface area contributed by atoms with E-state index < -0.39 is 6.10 Å². The fraction of sp³-hybridized carbons (Fsp3) is 0.944. The second kappa shape index (κ2) is 10.7. The predicted molar refractivity (Wildman–Crippen MR) is 89.6 cm³/mol. The number of carbonyl (C=O) groups is 1. The Kier molecular flexibility index (Phi) is 9.33. The van der Waals surface area contributed by atoms with E-state index in [9.17, 15) is 4.79 Å². The Hall–Kier alpha value is -0.930. The standard InChI is InChI=1S/C18H34N2O2/c1-4-6-7-8-9-10-11-12-13-14-15-18(3,5-2)16-17(21)19-20-22-16/h16H,4-15H2,1-3H3. The summed E-state index contributed by atoms with van der Waals surface area (Å²) >= 11 is 0. The second-order valence-electron chi connectivity index (χ2n) is 6.94. The monoisotopic (exact) mass is 310 g/mol. The van der Waals surface area contributed by atoms with Gasteiger partial charge in [-0.1, -0.05) is 90.1 Å². The number of carbonyl (C=O) groups excluding carboxylic acids is 1. The maximum absolute atomic E-state index is 11.7. The van der Waals surface area contributed by atoms with E-state index in [1.54, 1.807) is 0 Å². The van der Waals surface area contributed by atoms with E-state index >= 15 is 0 Å². The molecule has 0 radical (unpaired) electrons. The van der Waals surface area contributed by atoms with Crippen molar-refractivity contribution in [2.45, 2.75) is 104 Å². The van der Waals surface area contributed by atoms with Crippen LogP contribution in [0.2, 0.25) is 0 Å². The molecule has 4 heteroatoms. The van der Waals surface area contributed by atoms with Crippen LogP contribution in [0.1, 0.15) is 97.8 Å². The van der Waals surface area contributed by atoms with Crippen molar-refractivity contribution in [3.8, 4) is 0 Å². The molecule has 22 heavy (non-hydrogen) atoms. The summed E-state index contributed by atoms with van der Waals surface area (Å²) in [7, 11) is 0. The van der Waals surface area contributed by atoms with Crippen LogP contribution >= 0.6 is 0 Å². The van der Waals surface area contributed by atoms with Gasteiger partial charge in [-0.25, -0.2) is 0 Å². The summed E-state index contributed by atoms with van der Waals surface area (Å²) in [5.74, 6) is -0.212. The largest absolute Gasteiger partial charge is 0.365 e. The third kappa shape index (κ3) is 6.45. The third-order valence-corrected chi connectivity index (χ3v) is 5.06. The minimum absolute atomic E-state index is 0.124. The average Bonchev–Trinajstić information content (AvgIpc) is 2.96. The molecule has 0 bridgehead atoms. The highest BCUT2D eigenvalue weighted by molar-refractivity contribution is 5.82. The molecule has 0 N–H and O–H groups in total. The molecular weight excluding hydrogens is 276 g/mol. The van der Waals surface area contributed by atoms with Gasteiger partial charge in [0, 0.05) is 10.7 Å². The van der Waals surface area contributed by atoms with Crippen LogP contribution in [0.15, 0.2) is 10.4 Å². The summed E-state index contributed by atoms with van der Waals surface area (Å²) in [6, 6.07) is 0. The van der Waals surface area contributed by atoms with Crippen LogP contribution in [0, 0.1) is 5.41 Å². The fourth-order valence-electron chi connectivity index (χ4n) is 3.14. The van der Waals surface area contributed by atoms with Gasteiger partial charge >= 0.3 is 5.91 Å². The van der Waals surface area contributed by atoms with Crippen LogP contribution in [0.3, 0.4) is 0 Å². The Bertz CT molecular complexity index is 344. The van der Waals surface area contributed by atoms with Gasteiger partial charge in [-0.2, -0.15) is 0 Å². The van der Waals surface area contributed by atoms with Crippen molar-refractivity contribution in [3.05, 3.63) is 0 Å². The summed E-state index contributed by atoms with van der Waals surface area (Å²) < 4.78 is 0. The van der Waals surface area contributed by atoms with Crippen LogP contribution in [0.25, 0.3) is 0 Å². The molecule has 0 spiro atoms. The van der Waals surface area contributed by atoms with E-state index in [1.807, 2.05) is 0 Å². The number of unbranched alkanes of at least 4 members (excludes halogenated alkanes) is 9. The average molecular weight is 310 g/mol. The molecule has 1 rings (SSSR count). The van der Waals surface area contributed by atoms with Gasteiger partial charge in [0.1, 0.15) is 0 Å². The zero-order chi connectivity index (χ0) is 16.3. The first-order chi connectivity index (χ1) is 10.6. The molecule has 0 aromatic rings. The molecule has 0 saturated carbocycles. The first kappa shape index (κ1) is 19.1. The molecule has 1 aliphatic rings. The molecule has 2 unspecified atom stereocenters. The molecule has 0 aromatic heterocycles. The molecule has 0 fully saturated rings. The maximum Gasteiger partial charge on any atom is 0.311 e. The number of rotatable bonds is 13. The van der Waals surface area contributed by atoms with Crippen molar-refractivity contribution in [2.75, 3.05) is 0 Å². The van der Waals surface area contributed by atoms with E-state index in [2.05, 4.69) is 31.2 Å². The zero-order valence-electron chi connectivity index (χ0n) is 14.8. The lowest BCUT2D eigenvalue weighted by molar-refractivity contribution is -0.131. The van der Waals surface area contributed by atoms with Gasteiger partial charge in [-0.15, -0.1) is 0 Å². The quantitative estimate of drug-likeness (QED) is 0.391. The highest BCUT2D eigenvalue weighted by Crippen LogP contribution is 2.37. The second-order valence-corrected chi connectivity index (χ2v) is 6.94. The van der Waals surface area contributed by atoms with E-state index in [1.165, 1.54) is 57.8 Å². The van der Waals surface area contributed by atoms with Crippen LogP contribution in [0.5, 0.6) is 0 Å². The van der Waals surface area contributed by atoms with Crippen LogP contribution < -0.4 is 0 Å². The lowest BCUT2D eigenvalue weighted by Crippen LogP contribution is -2.36. The van der Waals surface area contributed by atoms with Gasteiger partial charge in [-0.3, -0.25) is 4.79 Å². The Balaban J connectivity index is 2.06. The van der Waals surface area contributed by atoms with Crippen molar-refractivity contribution >= 4 is 5.91 Å². The van der Waals surface area contributed by atoms with Gasteiger partial charge in [0.2, 0.25) is 6.10 Å². The van der Waals surface area contributed by atoms with Crippen LogP contribution in [0.4, 0.5) is 0 Å². The molecule has 128 valence electrons. The molecule has 2 atom stereocenters. The van der Waals surface area contributed by atoms with Gasteiger partial charge in [0.15, 0.2) is 0 Å². The Morgan fingerprint density at radius 2 is 1.50 bits per heavy atom. The Labute approximate surface area is 136 Å². The van der Waals surface area contributed by atoms with Crippen molar-refractivity contribution in [1.82, 2.24) is 0 Å². The zero-order valence-corrected chi connectivity index (χ0v) is 14.8. The summed E-state index contributed by atoms with van der Waals surface area (Å²) in [6.45, 7) is 6.50. The van der Waals surface area contributed by atoms with Crippen molar-refractivity contribution in [1.29, 1.82) is 0 Å². The molecule has 0 saturated heterocycles. The smallest absolute Gasteiger partial charge is 0.311 e. The summed E-state index contributed by atoms with van der Waals surface area (Å²) in [5, 5.41) is 6.93. The predicted octanol–water partition coefficient (Wildman–Crippen LogP) is 6.01. The van der Waals surface area contributed by atoms with Crippen molar-refractivity contribution < 1.29 is 9.63 Å². The lowest BCUT2D eigenvalue weighted by Gasteiger charge is -2.30. The Morgan fingerprint density at radius 1 is 0.955 bits per heavy atom. The molecule has 4 nitrogen and oxygen atoms in total. The maximum atomic E-state index is 11.7. The number of nitrogens with zero attached hydrogens (tertiary/aromatic N) is 2. The molecule has 0 aromatic carbocycles. The normalized spacial score (nSPS) is 20.1. The number of hydrogen-bond donors (Lipinski definition) is 0. The van der Waals surface area contributed by atoms with Crippen LogP contribution in [-0.2, 0) is 9.63 Å². The molecule has 1 amide bonds. The van der Waals surface area contributed by atoms with E-state index in [4.69, 9.17) is 4.84 Å². The molecular formula is C18H34N2O2. The van der Waals surface area contributed by atoms with E-state index in [0.29, 0.717) is 0 Å². The van der Waals surface area contributed by atoms with Gasteiger partial charge in [-0.05, 0) is 12.8 Å². The fourth-order valence-corrected chi connectivity index (χ4v) is 3.14. The van der Waals surface area contributed by atoms with Gasteiger partial charge in [0.25, 0.3) is 0 Å². The summed E-state index contributed by atoms with van der Waals surface area (Å²) in [4.78, 5) is 16.8. The highest BCUT2D eigenvalue weighted by Gasteiger charge is 2.42. The highest BCUT2D eigenvalue weighted by atomic mass is 16.7. The van der Waals surface area contributed by atoms with Crippen molar-refractivity contribution in [3.63, 3.8) is 0 Å². The van der Waals surface area contributed by atoms with Gasteiger partial charge in [0.05, 0.1) is 0 Å². The summed E-state index contributed by atoms with van der Waals surface area (Å²) in [6.07, 6.45) is 14.8. The minimum atomic E-state index is -0.462. The van der Waals surface area contributed by atoms with E-state index in [-0.39, 0.29) is 11.3 Å². The first-order valence-electron chi connectivity index (χ1n) is 9.24. The lowest BCUT2D eigenvalue weighted by atomic mass is 9.76. The molecule has 0 aliphatic carbocycles. The number of hydrogen-bond acceptors (Lipinski definition) is 3. The van der Waals surface area contributed by atoms with Crippen LogP contribution in [-0.4, -0.2) is 12.0 Å². The molecule has 1 aliphatic heterocycles. The first-order valence-corrected chi connectivity index (χ1v) is 9.24. The SMILES string of the molecule is CCCCCCCCCCCCC(C)(CC)C1ON=NC1=O. The topological polar surface area (TPSA) is 51.0 Å². The van der Waals surface area contributed by atoms with Gasteiger partial charge < -0.3 is 4.84 Å². The molecule has 1 heterocycles. The van der Waals surface area contributed by atoms with E-state index in [0.717, 1.165) is 19.3 Å². The number of amides is 1. The Morgan fingerprint density at radius 3 is 1.95 bits per heavy atom. The minimum Gasteiger partial charge on any atom is -0.365 e. The van der Waals surface area contributed by atoms with Crippen molar-refractivity contribution in [2.24, 2.45) is 15.8 Å².